The third-order valence-electron chi connectivity index (χ3n) is 3.13. The van der Waals surface area contributed by atoms with Crippen LogP contribution in [0.2, 0.25) is 0 Å². The van der Waals surface area contributed by atoms with Gasteiger partial charge in [-0.15, -0.1) is 6.58 Å². The van der Waals surface area contributed by atoms with Crippen molar-refractivity contribution in [1.29, 1.82) is 0 Å². The van der Waals surface area contributed by atoms with E-state index in [2.05, 4.69) is 11.6 Å². The molecule has 20 heavy (non-hydrogen) atoms. The van der Waals surface area contributed by atoms with Crippen molar-refractivity contribution in [1.82, 2.24) is 9.55 Å². The third kappa shape index (κ3) is 2.56. The molecule has 0 spiro atoms. The summed E-state index contributed by atoms with van der Waals surface area (Å²) >= 11 is 0. The Kier molecular flexibility index (Phi) is 3.89. The van der Waals surface area contributed by atoms with Gasteiger partial charge in [0.1, 0.15) is 5.75 Å². The monoisotopic (exact) mass is 272 g/mol. The summed E-state index contributed by atoms with van der Waals surface area (Å²) in [5, 5.41) is 0. The molecule has 1 heterocycles. The molecule has 104 valence electrons. The Morgan fingerprint density at radius 2 is 1.95 bits per heavy atom. The van der Waals surface area contributed by atoms with Crippen LogP contribution in [0.25, 0.3) is 0 Å². The van der Waals surface area contributed by atoms with Crippen LogP contribution in [0.1, 0.15) is 17.2 Å². The van der Waals surface area contributed by atoms with Gasteiger partial charge in [-0.3, -0.25) is 14.3 Å². The molecule has 1 aromatic heterocycles. The molecule has 0 amide bonds. The highest BCUT2D eigenvalue weighted by molar-refractivity contribution is 5.31. The van der Waals surface area contributed by atoms with Crippen LogP contribution in [0.15, 0.2) is 52.7 Å². The van der Waals surface area contributed by atoms with Crippen LogP contribution < -0.4 is 16.0 Å². The lowest BCUT2D eigenvalue weighted by atomic mass is 10.1. The number of ether oxygens (including phenoxy) is 1. The van der Waals surface area contributed by atoms with Crippen molar-refractivity contribution >= 4 is 0 Å². The second-order valence-corrected chi connectivity index (χ2v) is 4.43. The fourth-order valence-electron chi connectivity index (χ4n) is 2.00. The van der Waals surface area contributed by atoms with E-state index in [1.807, 2.05) is 24.3 Å². The third-order valence-corrected chi connectivity index (χ3v) is 3.13. The molecule has 2 rings (SSSR count). The summed E-state index contributed by atoms with van der Waals surface area (Å²) in [5.74, 6) is 0.738. The second-order valence-electron chi connectivity index (χ2n) is 4.43. The number of methoxy groups -OCH3 is 1. The van der Waals surface area contributed by atoms with Crippen LogP contribution in [0.5, 0.6) is 5.75 Å². The average Bonchev–Trinajstić information content (AvgIpc) is 2.46. The summed E-state index contributed by atoms with van der Waals surface area (Å²) in [7, 11) is 1.59. The minimum Gasteiger partial charge on any atom is -0.497 e. The normalized spacial score (nSPS) is 11.9. The first-order valence-corrected chi connectivity index (χ1v) is 6.15. The molecule has 0 fully saturated rings. The van der Waals surface area contributed by atoms with E-state index in [-0.39, 0.29) is 11.6 Å². The zero-order chi connectivity index (χ0) is 14.7. The first-order chi connectivity index (χ1) is 9.56. The Bertz CT molecular complexity index is 726. The van der Waals surface area contributed by atoms with E-state index in [4.69, 9.17) is 4.74 Å². The van der Waals surface area contributed by atoms with E-state index < -0.39 is 5.69 Å². The van der Waals surface area contributed by atoms with Gasteiger partial charge in [-0.1, -0.05) is 18.2 Å². The van der Waals surface area contributed by atoms with Gasteiger partial charge < -0.3 is 4.74 Å². The minimum absolute atomic E-state index is 0.344. The molecule has 1 N–H and O–H groups in total. The molecule has 1 unspecified atom stereocenters. The smallest absolute Gasteiger partial charge is 0.329 e. The van der Waals surface area contributed by atoms with Crippen molar-refractivity contribution in [3.05, 3.63) is 75.1 Å². The fourth-order valence-corrected chi connectivity index (χ4v) is 2.00. The molecule has 5 nitrogen and oxygen atoms in total. The van der Waals surface area contributed by atoms with Gasteiger partial charge in [-0.2, -0.15) is 0 Å². The minimum atomic E-state index is -0.457. The maximum Gasteiger partial charge on any atom is 0.329 e. The van der Waals surface area contributed by atoms with Gasteiger partial charge in [-0.25, -0.2) is 4.79 Å². The maximum absolute atomic E-state index is 11.9. The Morgan fingerprint density at radius 1 is 1.30 bits per heavy atom. The maximum atomic E-state index is 11.9. The van der Waals surface area contributed by atoms with Crippen LogP contribution in [0.3, 0.4) is 0 Å². The number of benzene rings is 1. The van der Waals surface area contributed by atoms with Gasteiger partial charge in [0.15, 0.2) is 0 Å². The molecule has 0 radical (unpaired) electrons. The number of hydrogen-bond acceptors (Lipinski definition) is 3. The molecule has 5 heteroatoms. The number of nitrogens with zero attached hydrogens (tertiary/aromatic N) is 1. The van der Waals surface area contributed by atoms with Gasteiger partial charge >= 0.3 is 5.69 Å². The van der Waals surface area contributed by atoms with E-state index in [0.29, 0.717) is 5.56 Å². The molecule has 0 saturated heterocycles. The SMILES string of the molecule is C=CC(c1ccc(OC)cc1)n1cc(C)c(=O)[nH]c1=O. The number of nitrogens with one attached hydrogen (secondary N) is 1. The van der Waals surface area contributed by atoms with Crippen molar-refractivity contribution in [2.24, 2.45) is 0 Å². The topological polar surface area (TPSA) is 64.1 Å². The highest BCUT2D eigenvalue weighted by atomic mass is 16.5. The largest absolute Gasteiger partial charge is 0.497 e. The van der Waals surface area contributed by atoms with Crippen LogP contribution in [-0.4, -0.2) is 16.7 Å². The molecule has 1 aromatic carbocycles. The number of H-pyrrole nitrogens is 1. The lowest BCUT2D eigenvalue weighted by Crippen LogP contribution is -2.33. The highest BCUT2D eigenvalue weighted by Gasteiger charge is 2.12. The van der Waals surface area contributed by atoms with E-state index in [1.54, 1.807) is 20.1 Å². The Balaban J connectivity index is 2.51. The molecular weight excluding hydrogens is 256 g/mol. The number of rotatable bonds is 4. The van der Waals surface area contributed by atoms with Crippen LogP contribution in [-0.2, 0) is 0 Å². The number of aromatic nitrogens is 2. The quantitative estimate of drug-likeness (QED) is 0.860. The Labute approximate surface area is 116 Å². The summed E-state index contributed by atoms with van der Waals surface area (Å²) in [6.07, 6.45) is 3.19. The van der Waals surface area contributed by atoms with Gasteiger partial charge in [-0.05, 0) is 24.6 Å². The molecule has 2 aromatic rings. The molecule has 0 bridgehead atoms. The average molecular weight is 272 g/mol. The van der Waals surface area contributed by atoms with Crippen LogP contribution in [0.4, 0.5) is 0 Å². The summed E-state index contributed by atoms with van der Waals surface area (Å²) in [6, 6.07) is 7.00. The van der Waals surface area contributed by atoms with Crippen LogP contribution in [0, 0.1) is 6.92 Å². The van der Waals surface area contributed by atoms with Gasteiger partial charge in [0.25, 0.3) is 5.56 Å². The van der Waals surface area contributed by atoms with Gasteiger partial charge in [0, 0.05) is 11.8 Å². The molecule has 0 aliphatic heterocycles. The lowest BCUT2D eigenvalue weighted by Gasteiger charge is -2.16. The van der Waals surface area contributed by atoms with Gasteiger partial charge in [0.05, 0.1) is 13.2 Å². The standard InChI is InChI=1S/C15H16N2O3/c1-4-13(11-5-7-12(20-3)8-6-11)17-9-10(2)14(18)16-15(17)19/h4-9,13H,1H2,2-3H3,(H,16,18,19). The van der Waals surface area contributed by atoms with Crippen LogP contribution >= 0.6 is 0 Å². The predicted molar refractivity (Wildman–Crippen MR) is 77.4 cm³/mol. The van der Waals surface area contributed by atoms with E-state index >= 15 is 0 Å². The summed E-state index contributed by atoms with van der Waals surface area (Å²) in [5.41, 5.74) is 0.532. The molecule has 0 saturated carbocycles. The molecule has 0 aliphatic rings. The summed E-state index contributed by atoms with van der Waals surface area (Å²) < 4.78 is 6.55. The van der Waals surface area contributed by atoms with Crippen molar-refractivity contribution in [3.8, 4) is 5.75 Å². The number of allylic oxidation sites excluding steroid dienone is 1. The number of hydrogen-bond donors (Lipinski definition) is 1. The zero-order valence-electron chi connectivity index (χ0n) is 11.4. The highest BCUT2D eigenvalue weighted by Crippen LogP contribution is 2.20. The Morgan fingerprint density at radius 3 is 2.50 bits per heavy atom. The predicted octanol–water partition coefficient (Wildman–Crippen LogP) is 1.63. The molecule has 0 aliphatic carbocycles. The van der Waals surface area contributed by atoms with E-state index in [0.717, 1.165) is 11.3 Å². The second kappa shape index (κ2) is 5.61. The first kappa shape index (κ1) is 13.9. The molecule has 1 atom stereocenters. The van der Waals surface area contributed by atoms with Gasteiger partial charge in [0.2, 0.25) is 0 Å². The summed E-state index contributed by atoms with van der Waals surface area (Å²) in [4.78, 5) is 25.6. The number of aryl methyl sites for hydroxylation is 1. The van der Waals surface area contributed by atoms with Crippen molar-refractivity contribution in [3.63, 3.8) is 0 Å². The summed E-state index contributed by atoms with van der Waals surface area (Å²) in [6.45, 7) is 5.42. The van der Waals surface area contributed by atoms with Crippen molar-refractivity contribution in [2.45, 2.75) is 13.0 Å². The lowest BCUT2D eigenvalue weighted by molar-refractivity contribution is 0.414. The van der Waals surface area contributed by atoms with Crippen molar-refractivity contribution < 1.29 is 4.74 Å². The fraction of sp³-hybridized carbons (Fsp3) is 0.200. The first-order valence-electron chi connectivity index (χ1n) is 6.15. The number of aromatic amines is 1. The molecular formula is C15H16N2O3. The van der Waals surface area contributed by atoms with E-state index in [9.17, 15) is 9.59 Å². The van der Waals surface area contributed by atoms with Crippen molar-refractivity contribution in [2.75, 3.05) is 7.11 Å². The Hall–Kier alpha value is -2.56. The zero-order valence-corrected chi connectivity index (χ0v) is 11.4. The van der Waals surface area contributed by atoms with E-state index in [1.165, 1.54) is 10.8 Å².